The van der Waals surface area contributed by atoms with Crippen molar-refractivity contribution in [2.24, 2.45) is 0 Å². The van der Waals surface area contributed by atoms with Crippen molar-refractivity contribution in [1.29, 1.82) is 0 Å². The molecule has 0 saturated heterocycles. The van der Waals surface area contributed by atoms with Crippen molar-refractivity contribution < 1.29 is 14.2 Å². The lowest BCUT2D eigenvalue weighted by Crippen LogP contribution is -2.30. The van der Waals surface area contributed by atoms with Crippen molar-refractivity contribution in [3.8, 4) is 0 Å². The lowest BCUT2D eigenvalue weighted by molar-refractivity contribution is -0.474. The predicted octanol–water partition coefficient (Wildman–Crippen LogP) is 4.56. The monoisotopic (exact) mass is 347 g/mol. The van der Waals surface area contributed by atoms with Crippen LogP contribution in [0.4, 0.5) is 0 Å². The molecule has 24 heavy (non-hydrogen) atoms. The van der Waals surface area contributed by atoms with Gasteiger partial charge in [-0.25, -0.2) is 4.74 Å². The highest BCUT2D eigenvalue weighted by atomic mass is 35.5. The largest absolute Gasteiger partial charge is 0.624 e. The van der Waals surface area contributed by atoms with Crippen molar-refractivity contribution >= 4 is 17.8 Å². The van der Waals surface area contributed by atoms with E-state index in [4.69, 9.17) is 21.1 Å². The van der Waals surface area contributed by atoms with Gasteiger partial charge in [0.25, 0.3) is 0 Å². The third-order valence-corrected chi connectivity index (χ3v) is 3.84. The molecule has 0 spiro atoms. The molecule has 1 atom stereocenters. The van der Waals surface area contributed by atoms with Crippen LogP contribution in [0.1, 0.15) is 31.1 Å². The van der Waals surface area contributed by atoms with Crippen LogP contribution in [0.25, 0.3) is 0 Å². The molecular weight excluding hydrogens is 326 g/mol. The van der Waals surface area contributed by atoms with Gasteiger partial charge in [-0.2, -0.15) is 0 Å². The van der Waals surface area contributed by atoms with Gasteiger partial charge in [-0.05, 0) is 31.5 Å². The van der Waals surface area contributed by atoms with Gasteiger partial charge < -0.3 is 14.7 Å². The van der Waals surface area contributed by atoms with Crippen molar-refractivity contribution in [2.45, 2.75) is 32.3 Å². The fourth-order valence-electron chi connectivity index (χ4n) is 2.16. The number of benzene rings is 2. The van der Waals surface area contributed by atoms with E-state index in [1.54, 1.807) is 33.1 Å². The molecule has 0 N–H and O–H groups in total. The van der Waals surface area contributed by atoms with Crippen molar-refractivity contribution in [3.05, 3.63) is 76.0 Å². The second-order valence-corrected chi connectivity index (χ2v) is 6.34. The molecule has 0 amide bonds. The molecule has 0 aliphatic heterocycles. The van der Waals surface area contributed by atoms with Crippen molar-refractivity contribution in [3.63, 3.8) is 0 Å². The van der Waals surface area contributed by atoms with Gasteiger partial charge in [-0.15, -0.1) is 0 Å². The van der Waals surface area contributed by atoms with Crippen LogP contribution in [0, 0.1) is 5.21 Å². The highest BCUT2D eigenvalue weighted by Gasteiger charge is 2.25. The van der Waals surface area contributed by atoms with E-state index in [1.165, 1.54) is 6.21 Å². The van der Waals surface area contributed by atoms with Crippen LogP contribution < -0.4 is 0 Å². The second kappa shape index (κ2) is 8.29. The summed E-state index contributed by atoms with van der Waals surface area (Å²) >= 11 is 5.94. The van der Waals surface area contributed by atoms with Gasteiger partial charge >= 0.3 is 0 Å². The zero-order valence-electron chi connectivity index (χ0n) is 14.1. The average Bonchev–Trinajstić information content (AvgIpc) is 2.55. The minimum absolute atomic E-state index is 0.252. The number of methoxy groups -OCH3 is 1. The van der Waals surface area contributed by atoms with E-state index in [9.17, 15) is 5.21 Å². The van der Waals surface area contributed by atoms with Crippen LogP contribution in [0.15, 0.2) is 54.6 Å². The van der Waals surface area contributed by atoms with Crippen LogP contribution in [-0.2, 0) is 16.0 Å². The van der Waals surface area contributed by atoms with Gasteiger partial charge in [0.2, 0.25) is 0 Å². The maximum absolute atomic E-state index is 12.4. The average molecular weight is 348 g/mol. The Kier molecular flexibility index (Phi) is 6.37. The molecule has 5 heteroatoms. The summed E-state index contributed by atoms with van der Waals surface area (Å²) in [7, 11) is 1.57. The zero-order chi connectivity index (χ0) is 17.6. The van der Waals surface area contributed by atoms with Gasteiger partial charge in [-0.1, -0.05) is 54.1 Å². The molecule has 0 unspecified atom stereocenters. The van der Waals surface area contributed by atoms with E-state index >= 15 is 0 Å². The van der Waals surface area contributed by atoms with Crippen LogP contribution in [0.3, 0.4) is 0 Å². The van der Waals surface area contributed by atoms with E-state index in [1.807, 2.05) is 42.5 Å². The summed E-state index contributed by atoms with van der Waals surface area (Å²) in [6.07, 6.45) is 0.968. The zero-order valence-corrected chi connectivity index (χ0v) is 14.9. The summed E-state index contributed by atoms with van der Waals surface area (Å²) in [5, 5.41) is 13.0. The van der Waals surface area contributed by atoms with E-state index in [2.05, 4.69) is 0 Å². The van der Waals surface area contributed by atoms with E-state index in [0.29, 0.717) is 5.02 Å². The molecule has 0 aromatic heterocycles. The smallest absolute Gasteiger partial charge is 0.185 e. The van der Waals surface area contributed by atoms with E-state index in [0.717, 1.165) is 15.9 Å². The first-order chi connectivity index (χ1) is 11.4. The summed E-state index contributed by atoms with van der Waals surface area (Å²) in [4.78, 5) is 0. The third-order valence-electron chi connectivity index (χ3n) is 3.58. The lowest BCUT2D eigenvalue weighted by atomic mass is 10.1. The van der Waals surface area contributed by atoms with Crippen molar-refractivity contribution in [1.82, 2.24) is 0 Å². The number of nitrogens with zero attached hydrogens (tertiary/aromatic N) is 1. The Labute approximate surface area is 147 Å². The topological polar surface area (TPSA) is 44.5 Å². The Morgan fingerprint density at radius 3 is 2.33 bits per heavy atom. The minimum atomic E-state index is -0.825. The maximum Gasteiger partial charge on any atom is 0.185 e. The summed E-state index contributed by atoms with van der Waals surface area (Å²) in [6.45, 7) is 3.86. The first-order valence-corrected chi connectivity index (χ1v) is 8.08. The van der Waals surface area contributed by atoms with Crippen LogP contribution in [0.2, 0.25) is 5.02 Å². The van der Waals surface area contributed by atoms with Crippen LogP contribution >= 0.6 is 11.6 Å². The predicted molar refractivity (Wildman–Crippen MR) is 96.2 cm³/mol. The van der Waals surface area contributed by atoms with Gasteiger partial charge in [-0.3, -0.25) is 0 Å². The molecule has 128 valence electrons. The molecule has 0 aliphatic carbocycles. The number of hydrogen-bond acceptors (Lipinski definition) is 3. The number of hydroxylamine groups is 1. The summed E-state index contributed by atoms with van der Waals surface area (Å²) < 4.78 is 12.2. The quantitative estimate of drug-likeness (QED) is 0.242. The molecule has 0 heterocycles. The Morgan fingerprint density at radius 1 is 1.12 bits per heavy atom. The Hall–Kier alpha value is -1.88. The molecule has 2 rings (SSSR count). The molecule has 4 nitrogen and oxygen atoms in total. The maximum atomic E-state index is 12.4. The number of halogens is 1. The SMILES string of the molecule is COC(C)(C)O[C@@H](/C=[N+](\[O-])Cc1ccccc1)c1ccc(Cl)cc1. The van der Waals surface area contributed by atoms with Crippen LogP contribution in [0.5, 0.6) is 0 Å². The normalized spacial score (nSPS) is 13.8. The first-order valence-electron chi connectivity index (χ1n) is 7.71. The molecule has 0 bridgehead atoms. The van der Waals surface area contributed by atoms with Gasteiger partial charge in [0.15, 0.2) is 24.7 Å². The molecule has 0 fully saturated rings. The molecule has 2 aromatic rings. The standard InChI is InChI=1S/C19H22ClNO3/c1-19(2,23-3)24-18(16-9-11-17(20)12-10-16)14-21(22)13-15-7-5-4-6-8-15/h4-12,14,18H,13H2,1-3H3/b21-14-/t18-/m0/s1. The molecular formula is C19H22ClNO3. The third kappa shape index (κ3) is 5.64. The number of rotatable bonds is 7. The van der Waals surface area contributed by atoms with E-state index in [-0.39, 0.29) is 6.54 Å². The fourth-order valence-corrected chi connectivity index (χ4v) is 2.28. The van der Waals surface area contributed by atoms with Gasteiger partial charge in [0.1, 0.15) is 0 Å². The van der Waals surface area contributed by atoms with Crippen molar-refractivity contribution in [2.75, 3.05) is 7.11 Å². The second-order valence-electron chi connectivity index (χ2n) is 5.90. The Balaban J connectivity index is 2.24. The highest BCUT2D eigenvalue weighted by Crippen LogP contribution is 2.24. The van der Waals surface area contributed by atoms with Gasteiger partial charge in [0.05, 0.1) is 0 Å². The molecule has 0 aliphatic rings. The summed E-state index contributed by atoms with van der Waals surface area (Å²) in [5.41, 5.74) is 1.77. The van der Waals surface area contributed by atoms with E-state index < -0.39 is 11.9 Å². The number of ether oxygens (including phenoxy) is 2. The number of hydrogen-bond donors (Lipinski definition) is 0. The molecule has 0 saturated carbocycles. The molecule has 0 radical (unpaired) electrons. The first kappa shape index (κ1) is 18.5. The Bertz CT molecular complexity index is 669. The Morgan fingerprint density at radius 2 is 1.75 bits per heavy atom. The van der Waals surface area contributed by atoms with Crippen LogP contribution in [-0.4, -0.2) is 23.9 Å². The highest BCUT2D eigenvalue weighted by molar-refractivity contribution is 6.30. The lowest BCUT2D eigenvalue weighted by Gasteiger charge is -2.27. The summed E-state index contributed by atoms with van der Waals surface area (Å²) in [5.74, 6) is -0.825. The minimum Gasteiger partial charge on any atom is -0.624 e. The molecule has 2 aromatic carbocycles. The fraction of sp³-hybridized carbons (Fsp3) is 0.316. The summed E-state index contributed by atoms with van der Waals surface area (Å²) in [6, 6.07) is 16.8. The van der Waals surface area contributed by atoms with Gasteiger partial charge in [0, 0.05) is 17.7 Å².